The van der Waals surface area contributed by atoms with Crippen LogP contribution in [0.1, 0.15) is 11.1 Å². The molecule has 2 aromatic carbocycles. The van der Waals surface area contributed by atoms with Crippen LogP contribution in [0, 0.1) is 0 Å². The van der Waals surface area contributed by atoms with Crippen LogP contribution in [0.5, 0.6) is 0 Å². The molecule has 0 unspecified atom stereocenters. The molecule has 0 bridgehead atoms. The first kappa shape index (κ1) is 19.0. The number of carbonyl (C=O) groups excluding carboxylic acids is 2. The smallest absolute Gasteiger partial charge is 0.376 e. The first-order chi connectivity index (χ1) is 12.3. The third kappa shape index (κ3) is 5.61. The Bertz CT molecular complexity index is 900. The average Bonchev–Trinajstić information content (AvgIpc) is 2.61. The fourth-order valence-electron chi connectivity index (χ4n) is 1.96. The van der Waals surface area contributed by atoms with Gasteiger partial charge in [0.2, 0.25) is 5.91 Å². The van der Waals surface area contributed by atoms with Gasteiger partial charge in [-0.3, -0.25) is 9.59 Å². The highest BCUT2D eigenvalue weighted by atomic mass is 35.5. The molecule has 0 atom stereocenters. The molecule has 0 fully saturated rings. The molecule has 0 aromatic heterocycles. The van der Waals surface area contributed by atoms with E-state index in [1.165, 1.54) is 18.2 Å². The van der Waals surface area contributed by atoms with Crippen LogP contribution in [0.25, 0.3) is 11.8 Å². The number of amides is 1. The number of nitrogens with one attached hydrogen (secondary N) is 1. The molecule has 0 saturated heterocycles. The first-order valence-electron chi connectivity index (χ1n) is 7.38. The summed E-state index contributed by atoms with van der Waals surface area (Å²) in [5, 5.41) is 21.6. The van der Waals surface area contributed by atoms with Crippen molar-refractivity contribution in [2.75, 3.05) is 5.32 Å². The van der Waals surface area contributed by atoms with Gasteiger partial charge in [-0.2, -0.15) is 0 Å². The lowest BCUT2D eigenvalue weighted by atomic mass is 10.1. The molecule has 0 spiro atoms. The van der Waals surface area contributed by atoms with E-state index in [4.69, 9.17) is 16.7 Å². The van der Waals surface area contributed by atoms with E-state index in [0.29, 0.717) is 16.8 Å². The minimum Gasteiger partial charge on any atom is -0.507 e. The van der Waals surface area contributed by atoms with Crippen LogP contribution in [0.15, 0.2) is 60.7 Å². The number of benzene rings is 2. The van der Waals surface area contributed by atoms with Gasteiger partial charge >= 0.3 is 5.97 Å². The third-order valence-electron chi connectivity index (χ3n) is 3.20. The number of ketones is 1. The van der Waals surface area contributed by atoms with E-state index >= 15 is 0 Å². The summed E-state index contributed by atoms with van der Waals surface area (Å²) < 4.78 is 0. The molecular formula is C19H14ClNO5. The van der Waals surface area contributed by atoms with E-state index in [9.17, 15) is 19.5 Å². The van der Waals surface area contributed by atoms with E-state index in [-0.39, 0.29) is 5.56 Å². The minimum absolute atomic E-state index is 0.194. The zero-order chi connectivity index (χ0) is 19.1. The SMILES string of the molecule is O=C(/C=C/c1ccc(Cl)cc1)Nc1cccc(/C(O)=C\C(=O)C(=O)O)c1. The second kappa shape index (κ2) is 8.64. The molecule has 2 aromatic rings. The van der Waals surface area contributed by atoms with Crippen molar-refractivity contribution in [2.45, 2.75) is 0 Å². The van der Waals surface area contributed by atoms with Crippen LogP contribution >= 0.6 is 11.6 Å². The summed E-state index contributed by atoms with van der Waals surface area (Å²) in [6.45, 7) is 0. The molecular weight excluding hydrogens is 358 g/mol. The maximum absolute atomic E-state index is 12.0. The summed E-state index contributed by atoms with van der Waals surface area (Å²) in [7, 11) is 0. The van der Waals surface area contributed by atoms with E-state index in [1.54, 1.807) is 42.5 Å². The lowest BCUT2D eigenvalue weighted by Crippen LogP contribution is -2.10. The molecule has 0 aliphatic carbocycles. The number of aliphatic hydroxyl groups excluding tert-OH is 1. The second-order valence-corrected chi connectivity index (χ2v) is 5.59. The summed E-state index contributed by atoms with van der Waals surface area (Å²) in [6.07, 6.45) is 3.54. The third-order valence-corrected chi connectivity index (χ3v) is 3.45. The molecule has 0 saturated carbocycles. The standard InChI is InChI=1S/C19H14ClNO5/c20-14-7-4-12(5-8-14)6-9-18(24)21-15-3-1-2-13(10-15)16(22)11-17(23)19(25)26/h1-11,22H,(H,21,24)(H,25,26)/b9-6+,16-11+. The van der Waals surface area contributed by atoms with Gasteiger partial charge in [-0.25, -0.2) is 4.79 Å². The highest BCUT2D eigenvalue weighted by Crippen LogP contribution is 2.17. The number of aliphatic carboxylic acids is 1. The molecule has 0 heterocycles. The molecule has 132 valence electrons. The van der Waals surface area contributed by atoms with Gasteiger partial charge in [0.05, 0.1) is 0 Å². The highest BCUT2D eigenvalue weighted by molar-refractivity contribution is 6.38. The number of carboxylic acid groups (broad SMARTS) is 1. The Kier molecular flexibility index (Phi) is 6.30. The van der Waals surface area contributed by atoms with Crippen molar-refractivity contribution in [3.8, 4) is 0 Å². The number of hydrogen-bond donors (Lipinski definition) is 3. The molecule has 0 radical (unpaired) electrons. The number of anilines is 1. The second-order valence-electron chi connectivity index (χ2n) is 5.15. The summed E-state index contributed by atoms with van der Waals surface area (Å²) in [4.78, 5) is 33.6. The number of aliphatic hydroxyl groups is 1. The Hall–Kier alpha value is -3.38. The lowest BCUT2D eigenvalue weighted by Gasteiger charge is -2.05. The number of rotatable bonds is 6. The molecule has 1 amide bonds. The number of halogens is 1. The van der Waals surface area contributed by atoms with Crippen molar-refractivity contribution in [1.82, 2.24) is 0 Å². The van der Waals surface area contributed by atoms with Crippen molar-refractivity contribution in [3.05, 3.63) is 76.8 Å². The van der Waals surface area contributed by atoms with Gasteiger partial charge in [-0.05, 0) is 35.9 Å². The Labute approximate surface area is 154 Å². The van der Waals surface area contributed by atoms with Crippen molar-refractivity contribution in [3.63, 3.8) is 0 Å². The predicted molar refractivity (Wildman–Crippen MR) is 98.8 cm³/mol. The quantitative estimate of drug-likeness (QED) is 0.409. The van der Waals surface area contributed by atoms with Crippen molar-refractivity contribution < 1.29 is 24.6 Å². The van der Waals surface area contributed by atoms with E-state index in [1.807, 2.05) is 0 Å². The minimum atomic E-state index is -1.67. The highest BCUT2D eigenvalue weighted by Gasteiger charge is 2.11. The van der Waals surface area contributed by atoms with Crippen molar-refractivity contribution in [2.24, 2.45) is 0 Å². The number of hydrogen-bond acceptors (Lipinski definition) is 4. The van der Waals surface area contributed by atoms with E-state index < -0.39 is 23.4 Å². The molecule has 0 aliphatic rings. The topological polar surface area (TPSA) is 104 Å². The van der Waals surface area contributed by atoms with Crippen LogP contribution in [0.4, 0.5) is 5.69 Å². The van der Waals surface area contributed by atoms with Gasteiger partial charge in [0.1, 0.15) is 5.76 Å². The van der Waals surface area contributed by atoms with Gasteiger partial charge in [-0.15, -0.1) is 0 Å². The molecule has 6 nitrogen and oxygen atoms in total. The largest absolute Gasteiger partial charge is 0.507 e. The van der Waals surface area contributed by atoms with Crippen molar-refractivity contribution in [1.29, 1.82) is 0 Å². The Morgan fingerprint density at radius 2 is 1.69 bits per heavy atom. The zero-order valence-electron chi connectivity index (χ0n) is 13.3. The van der Waals surface area contributed by atoms with Gasteiger partial charge in [-0.1, -0.05) is 35.9 Å². The van der Waals surface area contributed by atoms with Gasteiger partial charge in [0, 0.05) is 28.4 Å². The summed E-state index contributed by atoms with van der Waals surface area (Å²) in [5.74, 6) is -3.83. The number of carboxylic acids is 1. The summed E-state index contributed by atoms with van der Waals surface area (Å²) >= 11 is 5.79. The average molecular weight is 372 g/mol. The Morgan fingerprint density at radius 3 is 2.35 bits per heavy atom. The maximum Gasteiger partial charge on any atom is 0.376 e. The van der Waals surface area contributed by atoms with Crippen LogP contribution in [-0.4, -0.2) is 27.9 Å². The summed E-state index contributed by atoms with van der Waals surface area (Å²) in [5.41, 5.74) is 1.36. The molecule has 26 heavy (non-hydrogen) atoms. The monoisotopic (exact) mass is 371 g/mol. The van der Waals surface area contributed by atoms with Crippen molar-refractivity contribution >= 4 is 46.8 Å². The van der Waals surface area contributed by atoms with E-state index in [0.717, 1.165) is 5.56 Å². The van der Waals surface area contributed by atoms with E-state index in [2.05, 4.69) is 5.32 Å². The van der Waals surface area contributed by atoms with Crippen LogP contribution in [0.3, 0.4) is 0 Å². The van der Waals surface area contributed by atoms with Gasteiger partial charge in [0.15, 0.2) is 0 Å². The fraction of sp³-hybridized carbons (Fsp3) is 0. The lowest BCUT2D eigenvalue weighted by molar-refractivity contribution is -0.146. The first-order valence-corrected chi connectivity index (χ1v) is 7.76. The molecule has 7 heteroatoms. The molecule has 2 rings (SSSR count). The van der Waals surface area contributed by atoms with Crippen LogP contribution in [-0.2, 0) is 14.4 Å². The van der Waals surface area contributed by atoms with Crippen LogP contribution in [0.2, 0.25) is 5.02 Å². The summed E-state index contributed by atoms with van der Waals surface area (Å²) in [6, 6.07) is 12.9. The predicted octanol–water partition coefficient (Wildman–Crippen LogP) is 3.54. The Morgan fingerprint density at radius 1 is 1.00 bits per heavy atom. The van der Waals surface area contributed by atoms with Gasteiger partial charge in [0.25, 0.3) is 5.78 Å². The number of carbonyl (C=O) groups is 3. The normalized spacial score (nSPS) is 11.3. The molecule has 3 N–H and O–H groups in total. The van der Waals surface area contributed by atoms with Crippen LogP contribution < -0.4 is 5.32 Å². The maximum atomic E-state index is 12.0. The van der Waals surface area contributed by atoms with Gasteiger partial charge < -0.3 is 15.5 Å². The fourth-order valence-corrected chi connectivity index (χ4v) is 2.08. The molecule has 0 aliphatic heterocycles. The zero-order valence-corrected chi connectivity index (χ0v) is 14.1. The Balaban J connectivity index is 2.08.